The Hall–Kier alpha value is -2.79. The quantitative estimate of drug-likeness (QED) is 0.291. The summed E-state index contributed by atoms with van der Waals surface area (Å²) >= 11 is 11.0. The van der Waals surface area contributed by atoms with Crippen LogP contribution in [-0.2, 0) is 28.5 Å². The molecule has 9 nitrogen and oxygen atoms in total. The summed E-state index contributed by atoms with van der Waals surface area (Å²) in [5, 5.41) is 3.59. The van der Waals surface area contributed by atoms with Crippen molar-refractivity contribution in [2.45, 2.75) is 20.0 Å². The molecule has 1 aromatic heterocycles. The summed E-state index contributed by atoms with van der Waals surface area (Å²) in [5.74, 6) is -1.51. The van der Waals surface area contributed by atoms with Crippen LogP contribution in [0.25, 0.3) is 5.69 Å². The number of halogens is 2. The minimum Gasteiger partial charge on any atom is -0.463 e. The SMILES string of the molecule is CCOC(=O)[C@H](C)O/N=C/c1cc(-n2c(=O)n(C)c(=S)n(C)c2=O)c(F)cc1Cl. The van der Waals surface area contributed by atoms with Gasteiger partial charge in [0.2, 0.25) is 6.10 Å². The second-order valence-corrected chi connectivity index (χ2v) is 6.63. The van der Waals surface area contributed by atoms with Gasteiger partial charge in [0.25, 0.3) is 0 Å². The zero-order valence-corrected chi connectivity index (χ0v) is 17.6. The number of nitrogens with zero attached hydrogens (tertiary/aromatic N) is 4. The maximum atomic E-state index is 14.5. The topological polar surface area (TPSA) is 96.8 Å². The van der Waals surface area contributed by atoms with Crippen LogP contribution >= 0.6 is 23.8 Å². The number of aromatic nitrogens is 3. The number of carbonyl (C=O) groups is 1. The third-order valence-corrected chi connectivity index (χ3v) is 4.74. The Labute approximate surface area is 174 Å². The first-order valence-corrected chi connectivity index (χ1v) is 9.13. The Balaban J connectivity index is 2.50. The predicted octanol–water partition coefficient (Wildman–Crippen LogP) is 1.70. The molecular formula is C17H18ClFN4O5S. The first kappa shape index (κ1) is 22.5. The van der Waals surface area contributed by atoms with Gasteiger partial charge in [0, 0.05) is 19.7 Å². The lowest BCUT2D eigenvalue weighted by atomic mass is 10.2. The average molecular weight is 445 g/mol. The van der Waals surface area contributed by atoms with Crippen molar-refractivity contribution in [3.8, 4) is 5.69 Å². The predicted molar refractivity (Wildman–Crippen MR) is 107 cm³/mol. The highest BCUT2D eigenvalue weighted by Gasteiger charge is 2.17. The lowest BCUT2D eigenvalue weighted by Gasteiger charge is -2.12. The van der Waals surface area contributed by atoms with E-state index in [1.165, 1.54) is 21.0 Å². The minimum absolute atomic E-state index is 0.0197. The highest BCUT2D eigenvalue weighted by Crippen LogP contribution is 2.21. The number of oxime groups is 1. The second kappa shape index (κ2) is 9.14. The first-order chi connectivity index (χ1) is 13.6. The molecule has 0 saturated heterocycles. The Kier molecular flexibility index (Phi) is 7.09. The standard InChI is InChI=1S/C17H18ClFN4O5S/c1-5-27-14(24)9(2)28-20-8-10-6-13(12(19)7-11(10)18)23-15(25)21(3)17(29)22(4)16(23)26/h6-9H,5H2,1-4H3/b20-8+/t9-/m0/s1. The maximum Gasteiger partial charge on any atom is 0.349 e. The van der Waals surface area contributed by atoms with Crippen molar-refractivity contribution in [2.75, 3.05) is 6.61 Å². The van der Waals surface area contributed by atoms with Crippen LogP contribution in [-0.4, -0.2) is 38.6 Å². The highest BCUT2D eigenvalue weighted by atomic mass is 35.5. The molecule has 1 aromatic carbocycles. The fraction of sp³-hybridized carbons (Fsp3) is 0.353. The Bertz CT molecular complexity index is 1110. The average Bonchev–Trinajstić information content (AvgIpc) is 2.67. The van der Waals surface area contributed by atoms with E-state index in [0.29, 0.717) is 4.57 Å². The van der Waals surface area contributed by atoms with Crippen LogP contribution in [0.2, 0.25) is 5.02 Å². The Morgan fingerprint density at radius 3 is 2.45 bits per heavy atom. The van der Waals surface area contributed by atoms with Gasteiger partial charge >= 0.3 is 17.3 Å². The van der Waals surface area contributed by atoms with Crippen molar-refractivity contribution >= 4 is 36.0 Å². The van der Waals surface area contributed by atoms with Gasteiger partial charge in [0.05, 0.1) is 23.5 Å². The van der Waals surface area contributed by atoms with Crippen LogP contribution in [0, 0.1) is 10.6 Å². The molecule has 0 N–H and O–H groups in total. The van der Waals surface area contributed by atoms with Gasteiger partial charge in [-0.15, -0.1) is 0 Å². The number of ether oxygens (including phenoxy) is 1. The van der Waals surface area contributed by atoms with E-state index < -0.39 is 29.3 Å². The van der Waals surface area contributed by atoms with Crippen LogP contribution < -0.4 is 11.4 Å². The van der Waals surface area contributed by atoms with Crippen molar-refractivity contribution in [1.29, 1.82) is 0 Å². The number of benzene rings is 1. The van der Waals surface area contributed by atoms with E-state index in [9.17, 15) is 18.8 Å². The number of esters is 1. The molecule has 0 aliphatic heterocycles. The Morgan fingerprint density at radius 1 is 1.31 bits per heavy atom. The van der Waals surface area contributed by atoms with Crippen molar-refractivity contribution in [3.05, 3.63) is 54.3 Å². The number of hydrogen-bond acceptors (Lipinski definition) is 7. The highest BCUT2D eigenvalue weighted by molar-refractivity contribution is 7.71. The van der Waals surface area contributed by atoms with Crippen LogP contribution in [0.1, 0.15) is 19.4 Å². The largest absolute Gasteiger partial charge is 0.463 e. The van der Waals surface area contributed by atoms with Gasteiger partial charge in [-0.1, -0.05) is 16.8 Å². The minimum atomic E-state index is -0.974. The number of rotatable bonds is 6. The summed E-state index contributed by atoms with van der Waals surface area (Å²) in [5.41, 5.74) is -1.84. The summed E-state index contributed by atoms with van der Waals surface area (Å²) in [6.07, 6.45) is 0.149. The van der Waals surface area contributed by atoms with E-state index in [-0.39, 0.29) is 27.7 Å². The zero-order valence-electron chi connectivity index (χ0n) is 16.0. The molecule has 29 heavy (non-hydrogen) atoms. The van der Waals surface area contributed by atoms with Crippen LogP contribution in [0.5, 0.6) is 0 Å². The molecule has 0 aliphatic carbocycles. The molecule has 12 heteroatoms. The van der Waals surface area contributed by atoms with Gasteiger partial charge in [0.1, 0.15) is 5.82 Å². The van der Waals surface area contributed by atoms with Gasteiger partial charge in [-0.25, -0.2) is 23.3 Å². The normalized spacial score (nSPS) is 12.2. The summed E-state index contributed by atoms with van der Waals surface area (Å²) in [6.45, 7) is 3.28. The molecule has 0 fully saturated rings. The molecule has 0 bridgehead atoms. The summed E-state index contributed by atoms with van der Waals surface area (Å²) < 4.78 is 22.0. The molecule has 0 aliphatic rings. The maximum absolute atomic E-state index is 14.5. The van der Waals surface area contributed by atoms with Gasteiger partial charge in [-0.3, -0.25) is 9.13 Å². The monoisotopic (exact) mass is 444 g/mol. The van der Waals surface area contributed by atoms with E-state index in [1.807, 2.05) is 0 Å². The van der Waals surface area contributed by atoms with Crippen molar-refractivity contribution < 1.29 is 18.8 Å². The van der Waals surface area contributed by atoms with E-state index in [4.69, 9.17) is 33.4 Å². The molecule has 0 amide bonds. The second-order valence-electron chi connectivity index (χ2n) is 5.86. The van der Waals surface area contributed by atoms with Gasteiger partial charge in [-0.05, 0) is 38.2 Å². The summed E-state index contributed by atoms with van der Waals surface area (Å²) in [6, 6.07) is 2.09. The molecule has 2 aromatic rings. The van der Waals surface area contributed by atoms with Crippen LogP contribution in [0.15, 0.2) is 26.9 Å². The number of carbonyl (C=O) groups excluding carboxylic acids is 1. The van der Waals surface area contributed by atoms with E-state index in [2.05, 4.69) is 5.16 Å². The lowest BCUT2D eigenvalue weighted by molar-refractivity contribution is -0.155. The van der Waals surface area contributed by atoms with Gasteiger partial charge in [-0.2, -0.15) is 0 Å². The van der Waals surface area contributed by atoms with E-state index >= 15 is 0 Å². The Morgan fingerprint density at radius 2 is 1.90 bits per heavy atom. The van der Waals surface area contributed by atoms with E-state index in [1.54, 1.807) is 6.92 Å². The van der Waals surface area contributed by atoms with Crippen molar-refractivity contribution in [3.63, 3.8) is 0 Å². The van der Waals surface area contributed by atoms with Crippen LogP contribution in [0.4, 0.5) is 4.39 Å². The molecule has 0 radical (unpaired) electrons. The van der Waals surface area contributed by atoms with Gasteiger partial charge < -0.3 is 9.57 Å². The molecule has 0 unspecified atom stereocenters. The molecule has 2 rings (SSSR count). The number of hydrogen-bond donors (Lipinski definition) is 0. The summed E-state index contributed by atoms with van der Waals surface area (Å²) in [4.78, 5) is 41.5. The van der Waals surface area contributed by atoms with Gasteiger partial charge in [0.15, 0.2) is 4.77 Å². The molecule has 1 atom stereocenters. The smallest absolute Gasteiger partial charge is 0.349 e. The third-order valence-electron chi connectivity index (χ3n) is 3.87. The fourth-order valence-electron chi connectivity index (χ4n) is 2.28. The first-order valence-electron chi connectivity index (χ1n) is 8.34. The molecular weight excluding hydrogens is 427 g/mol. The van der Waals surface area contributed by atoms with Crippen LogP contribution in [0.3, 0.4) is 0 Å². The third kappa shape index (κ3) is 4.62. The molecule has 156 valence electrons. The fourth-order valence-corrected chi connectivity index (χ4v) is 2.64. The van der Waals surface area contributed by atoms with E-state index in [0.717, 1.165) is 27.5 Å². The molecule has 1 heterocycles. The van der Waals surface area contributed by atoms with Crippen molar-refractivity contribution in [2.24, 2.45) is 19.3 Å². The molecule has 0 saturated carbocycles. The lowest BCUT2D eigenvalue weighted by Crippen LogP contribution is -2.43. The van der Waals surface area contributed by atoms with Crippen molar-refractivity contribution in [1.82, 2.24) is 13.7 Å². The molecule has 0 spiro atoms. The zero-order chi connectivity index (χ0) is 21.9. The summed E-state index contributed by atoms with van der Waals surface area (Å²) in [7, 11) is 2.73.